The van der Waals surface area contributed by atoms with Crippen molar-refractivity contribution in [2.24, 2.45) is 0 Å². The van der Waals surface area contributed by atoms with E-state index in [0.29, 0.717) is 23.2 Å². The van der Waals surface area contributed by atoms with Crippen LogP contribution in [0.3, 0.4) is 0 Å². The Morgan fingerprint density at radius 3 is 2.65 bits per heavy atom. The summed E-state index contributed by atoms with van der Waals surface area (Å²) in [4.78, 5) is 27.7. The number of nitrogens with zero attached hydrogens (tertiary/aromatic N) is 5. The van der Waals surface area contributed by atoms with E-state index in [2.05, 4.69) is 20.5 Å². The van der Waals surface area contributed by atoms with Crippen LogP contribution in [0.25, 0.3) is 11.4 Å². The summed E-state index contributed by atoms with van der Waals surface area (Å²) in [6.07, 6.45) is 3.42. The van der Waals surface area contributed by atoms with Crippen molar-refractivity contribution in [2.45, 2.75) is 30.8 Å². The molecule has 4 aromatic rings. The Balaban J connectivity index is 1.58. The van der Waals surface area contributed by atoms with Gasteiger partial charge in [-0.2, -0.15) is 0 Å². The summed E-state index contributed by atoms with van der Waals surface area (Å²) >= 11 is 1.27. The molecule has 2 aromatic carbocycles. The molecule has 172 valence electrons. The second-order valence-electron chi connectivity index (χ2n) is 7.63. The Morgan fingerprint density at radius 1 is 1.15 bits per heavy atom. The predicted molar refractivity (Wildman–Crippen MR) is 131 cm³/mol. The second kappa shape index (κ2) is 10.3. The molecule has 1 N–H and O–H groups in total. The molecule has 2 aromatic heterocycles. The van der Waals surface area contributed by atoms with Crippen LogP contribution in [0.5, 0.6) is 0 Å². The number of non-ortho nitro benzene ring substituents is 1. The highest BCUT2D eigenvalue weighted by molar-refractivity contribution is 8.00. The molecule has 0 saturated carbocycles. The van der Waals surface area contributed by atoms with Gasteiger partial charge >= 0.3 is 0 Å². The number of carbonyl (C=O) groups excluding carboxylic acids is 1. The molecule has 0 radical (unpaired) electrons. The standard InChI is InChI=1S/C24H22N6O3S/c1-16-10-11-20(30(32)33)13-21(16)26-23(31)17(2)34-24-28-27-22(19-9-6-12-25-14-19)29(24)15-18-7-4-3-5-8-18/h3-14,17H,15H2,1-2H3,(H,26,31). The number of rotatable bonds is 8. The molecule has 2 heterocycles. The molecule has 0 bridgehead atoms. The number of anilines is 1. The molecule has 0 spiro atoms. The van der Waals surface area contributed by atoms with Gasteiger partial charge in [-0.15, -0.1) is 10.2 Å². The minimum Gasteiger partial charge on any atom is -0.325 e. The quantitative estimate of drug-likeness (QED) is 0.223. The fourth-order valence-electron chi connectivity index (χ4n) is 3.30. The number of benzene rings is 2. The Labute approximate surface area is 200 Å². The van der Waals surface area contributed by atoms with E-state index in [0.717, 1.165) is 16.7 Å². The molecule has 34 heavy (non-hydrogen) atoms. The summed E-state index contributed by atoms with van der Waals surface area (Å²) < 4.78 is 1.96. The maximum Gasteiger partial charge on any atom is 0.271 e. The molecule has 1 amide bonds. The highest BCUT2D eigenvalue weighted by Gasteiger charge is 2.22. The lowest BCUT2D eigenvalue weighted by atomic mass is 10.2. The highest BCUT2D eigenvalue weighted by atomic mass is 32.2. The Morgan fingerprint density at radius 2 is 1.94 bits per heavy atom. The zero-order chi connectivity index (χ0) is 24.1. The van der Waals surface area contributed by atoms with E-state index in [1.807, 2.05) is 47.0 Å². The number of nitro benzene ring substituents is 1. The summed E-state index contributed by atoms with van der Waals surface area (Å²) in [5.41, 5.74) is 2.96. The Hall–Kier alpha value is -4.05. The molecule has 1 unspecified atom stereocenters. The zero-order valence-electron chi connectivity index (χ0n) is 18.6. The smallest absolute Gasteiger partial charge is 0.271 e. The number of carbonyl (C=O) groups is 1. The van der Waals surface area contributed by atoms with Crippen molar-refractivity contribution in [3.8, 4) is 11.4 Å². The van der Waals surface area contributed by atoms with Crippen molar-refractivity contribution in [1.82, 2.24) is 19.7 Å². The Bertz CT molecular complexity index is 1310. The van der Waals surface area contributed by atoms with Crippen LogP contribution in [0.2, 0.25) is 0 Å². The molecule has 4 rings (SSSR count). The topological polar surface area (TPSA) is 116 Å². The van der Waals surface area contributed by atoms with E-state index >= 15 is 0 Å². The van der Waals surface area contributed by atoms with Crippen LogP contribution in [0.15, 0.2) is 78.2 Å². The van der Waals surface area contributed by atoms with Crippen molar-refractivity contribution in [3.63, 3.8) is 0 Å². The first-order chi connectivity index (χ1) is 16.4. The molecule has 0 fully saturated rings. The SMILES string of the molecule is Cc1ccc([N+](=O)[O-])cc1NC(=O)C(C)Sc1nnc(-c2cccnc2)n1Cc1ccccc1. The van der Waals surface area contributed by atoms with Crippen LogP contribution in [-0.2, 0) is 11.3 Å². The largest absolute Gasteiger partial charge is 0.325 e. The number of nitro groups is 1. The molecule has 0 saturated heterocycles. The fraction of sp³-hybridized carbons (Fsp3) is 0.167. The molecular weight excluding hydrogens is 452 g/mol. The number of aromatic nitrogens is 4. The van der Waals surface area contributed by atoms with Gasteiger partial charge in [-0.25, -0.2) is 0 Å². The lowest BCUT2D eigenvalue weighted by Gasteiger charge is -2.15. The molecule has 0 aliphatic heterocycles. The number of nitrogens with one attached hydrogen (secondary N) is 1. The minimum absolute atomic E-state index is 0.0788. The van der Waals surface area contributed by atoms with Crippen LogP contribution >= 0.6 is 11.8 Å². The lowest BCUT2D eigenvalue weighted by molar-refractivity contribution is -0.384. The third kappa shape index (κ3) is 5.29. The van der Waals surface area contributed by atoms with Crippen LogP contribution in [0, 0.1) is 17.0 Å². The zero-order valence-corrected chi connectivity index (χ0v) is 19.4. The van der Waals surface area contributed by atoms with Gasteiger partial charge in [-0.05, 0) is 37.1 Å². The van der Waals surface area contributed by atoms with E-state index in [4.69, 9.17) is 0 Å². The van der Waals surface area contributed by atoms with E-state index < -0.39 is 10.2 Å². The van der Waals surface area contributed by atoms with Crippen LogP contribution in [-0.4, -0.2) is 35.8 Å². The number of aryl methyl sites for hydroxylation is 1. The molecule has 10 heteroatoms. The maximum absolute atomic E-state index is 12.9. The lowest BCUT2D eigenvalue weighted by Crippen LogP contribution is -2.23. The van der Waals surface area contributed by atoms with Crippen molar-refractivity contribution in [1.29, 1.82) is 0 Å². The molecule has 0 aliphatic carbocycles. The van der Waals surface area contributed by atoms with E-state index in [-0.39, 0.29) is 11.6 Å². The van der Waals surface area contributed by atoms with Gasteiger partial charge in [-0.1, -0.05) is 48.2 Å². The number of pyridine rings is 1. The average molecular weight is 475 g/mol. The van der Waals surface area contributed by atoms with Gasteiger partial charge in [0.05, 0.1) is 22.4 Å². The number of thioether (sulfide) groups is 1. The Kier molecular flexibility index (Phi) is 6.98. The van der Waals surface area contributed by atoms with E-state index in [1.54, 1.807) is 32.3 Å². The van der Waals surface area contributed by atoms with Crippen molar-refractivity contribution in [2.75, 3.05) is 5.32 Å². The summed E-state index contributed by atoms with van der Waals surface area (Å²) in [6.45, 7) is 4.07. The summed E-state index contributed by atoms with van der Waals surface area (Å²) in [5, 5.41) is 22.7. The average Bonchev–Trinajstić information content (AvgIpc) is 3.23. The van der Waals surface area contributed by atoms with Crippen LogP contribution < -0.4 is 5.32 Å². The van der Waals surface area contributed by atoms with Gasteiger partial charge < -0.3 is 5.32 Å². The monoisotopic (exact) mass is 474 g/mol. The van der Waals surface area contributed by atoms with Gasteiger partial charge in [0.25, 0.3) is 5.69 Å². The molecule has 9 nitrogen and oxygen atoms in total. The highest BCUT2D eigenvalue weighted by Crippen LogP contribution is 2.29. The molecule has 0 aliphatic rings. The van der Waals surface area contributed by atoms with E-state index in [9.17, 15) is 14.9 Å². The summed E-state index contributed by atoms with van der Waals surface area (Å²) in [6, 6.07) is 18.1. The maximum atomic E-state index is 12.9. The molecule has 1 atom stereocenters. The van der Waals surface area contributed by atoms with Crippen molar-refractivity contribution < 1.29 is 9.72 Å². The van der Waals surface area contributed by atoms with Gasteiger partial charge in [0, 0.05) is 30.1 Å². The van der Waals surface area contributed by atoms with Gasteiger partial charge in [0.15, 0.2) is 11.0 Å². The number of hydrogen-bond acceptors (Lipinski definition) is 7. The predicted octanol–water partition coefficient (Wildman–Crippen LogP) is 4.72. The van der Waals surface area contributed by atoms with Gasteiger partial charge in [0.2, 0.25) is 5.91 Å². The third-order valence-electron chi connectivity index (χ3n) is 5.16. The van der Waals surface area contributed by atoms with E-state index in [1.165, 1.54) is 23.9 Å². The summed E-state index contributed by atoms with van der Waals surface area (Å²) in [5.74, 6) is 0.368. The van der Waals surface area contributed by atoms with Gasteiger partial charge in [0.1, 0.15) is 0 Å². The first-order valence-corrected chi connectivity index (χ1v) is 11.4. The first-order valence-electron chi connectivity index (χ1n) is 10.5. The number of hydrogen-bond donors (Lipinski definition) is 1. The minimum atomic E-state index is -0.529. The normalized spacial score (nSPS) is 11.7. The van der Waals surface area contributed by atoms with Crippen molar-refractivity contribution >= 4 is 29.0 Å². The second-order valence-corrected chi connectivity index (χ2v) is 8.93. The van der Waals surface area contributed by atoms with Crippen LogP contribution in [0.1, 0.15) is 18.1 Å². The number of amides is 1. The van der Waals surface area contributed by atoms with Crippen molar-refractivity contribution in [3.05, 3.63) is 94.3 Å². The fourth-order valence-corrected chi connectivity index (χ4v) is 4.15. The van der Waals surface area contributed by atoms with Crippen LogP contribution in [0.4, 0.5) is 11.4 Å². The van der Waals surface area contributed by atoms with Gasteiger partial charge in [-0.3, -0.25) is 24.5 Å². The third-order valence-corrected chi connectivity index (χ3v) is 6.24. The first kappa shape index (κ1) is 23.1. The summed E-state index contributed by atoms with van der Waals surface area (Å²) in [7, 11) is 0. The molecular formula is C24H22N6O3S.